The fourth-order valence-electron chi connectivity index (χ4n) is 5.41. The average molecular weight is 591 g/mol. The molecule has 0 spiro atoms. The lowest BCUT2D eigenvalue weighted by molar-refractivity contribution is -0.146. The number of nitriles is 1. The van der Waals surface area contributed by atoms with Crippen LogP contribution in [0.2, 0.25) is 0 Å². The Labute approximate surface area is 249 Å². The second-order valence-corrected chi connectivity index (χ2v) is 10.9. The minimum atomic E-state index is -1.58. The predicted octanol–water partition coefficient (Wildman–Crippen LogP) is 1.97. The van der Waals surface area contributed by atoms with Crippen LogP contribution in [0.5, 0.6) is 5.75 Å². The number of nitrogens with one attached hydrogen (secondary N) is 1. The standard InChI is InChI=1S/C30H35FN8O4/c1-19-15-37(2)11-12-39(19)23-6-4-22(5-7-23)35-30-34-18-33-28(36-30)20-3-8-26(21(13-20)14-32)43-27-9-10-38(16-24(27)31)29(42)25(41)17-40/h3-8,13,18-19,24-25,27,40-41H,9-12,15-17H2,1-2H3,(H,33,34,35,36)/t19-,24+,25?,27-/m0/s1. The number of aromatic nitrogens is 3. The second-order valence-electron chi connectivity index (χ2n) is 10.9. The molecule has 4 atom stereocenters. The zero-order valence-electron chi connectivity index (χ0n) is 24.1. The molecule has 0 radical (unpaired) electrons. The Hall–Kier alpha value is -4.38. The molecule has 1 aromatic heterocycles. The van der Waals surface area contributed by atoms with Crippen LogP contribution < -0.4 is 15.0 Å². The summed E-state index contributed by atoms with van der Waals surface area (Å²) >= 11 is 0. The number of hydrogen-bond acceptors (Lipinski definition) is 11. The zero-order valence-corrected chi connectivity index (χ0v) is 24.1. The van der Waals surface area contributed by atoms with Gasteiger partial charge in [-0.1, -0.05) is 0 Å². The molecule has 1 unspecified atom stereocenters. The number of ether oxygens (including phenoxy) is 1. The molecule has 2 aliphatic rings. The van der Waals surface area contributed by atoms with Crippen molar-refractivity contribution in [3.05, 3.63) is 54.4 Å². The van der Waals surface area contributed by atoms with E-state index in [1.54, 1.807) is 18.2 Å². The van der Waals surface area contributed by atoms with E-state index >= 15 is 0 Å². The van der Waals surface area contributed by atoms with E-state index in [-0.39, 0.29) is 30.8 Å². The van der Waals surface area contributed by atoms with Crippen LogP contribution in [-0.4, -0.2) is 112 Å². The molecule has 0 bridgehead atoms. The van der Waals surface area contributed by atoms with Gasteiger partial charge in [-0.2, -0.15) is 10.2 Å². The number of carbonyl (C=O) groups is 1. The number of halogens is 1. The number of piperazine rings is 1. The highest BCUT2D eigenvalue weighted by molar-refractivity contribution is 5.81. The summed E-state index contributed by atoms with van der Waals surface area (Å²) in [5, 5.41) is 31.5. The van der Waals surface area contributed by atoms with Crippen molar-refractivity contribution in [1.29, 1.82) is 5.26 Å². The Balaban J connectivity index is 1.24. The van der Waals surface area contributed by atoms with Crippen LogP contribution in [0.4, 0.5) is 21.7 Å². The summed E-state index contributed by atoms with van der Waals surface area (Å²) in [7, 11) is 2.14. The first-order valence-corrected chi connectivity index (χ1v) is 14.2. The molecule has 0 aliphatic carbocycles. The molecule has 5 rings (SSSR count). The molecule has 13 heteroatoms. The lowest BCUT2D eigenvalue weighted by atomic mass is 10.0. The van der Waals surface area contributed by atoms with E-state index in [9.17, 15) is 19.6 Å². The van der Waals surface area contributed by atoms with Crippen LogP contribution in [0.15, 0.2) is 48.8 Å². The van der Waals surface area contributed by atoms with Crippen molar-refractivity contribution in [2.24, 2.45) is 0 Å². The number of rotatable bonds is 8. The lowest BCUT2D eigenvalue weighted by Gasteiger charge is -2.39. The number of piperidine rings is 1. The molecule has 43 heavy (non-hydrogen) atoms. The Bertz CT molecular complexity index is 1470. The maximum Gasteiger partial charge on any atom is 0.253 e. The first-order chi connectivity index (χ1) is 20.7. The normalized spacial score (nSPS) is 21.6. The van der Waals surface area contributed by atoms with Gasteiger partial charge in [0.25, 0.3) is 5.91 Å². The summed E-state index contributed by atoms with van der Waals surface area (Å²) in [6, 6.07) is 15.5. The number of benzene rings is 2. The quantitative estimate of drug-likeness (QED) is 0.353. The second kappa shape index (κ2) is 13.3. The monoisotopic (exact) mass is 590 g/mol. The van der Waals surface area contributed by atoms with Crippen molar-refractivity contribution < 1.29 is 24.1 Å². The number of alkyl halides is 1. The maximum atomic E-state index is 14.9. The van der Waals surface area contributed by atoms with Crippen LogP contribution in [0.1, 0.15) is 18.9 Å². The fourth-order valence-corrected chi connectivity index (χ4v) is 5.41. The SMILES string of the molecule is C[C@H]1CN(C)CCN1c1ccc(Nc2ncnc(-c3ccc(O[C@H]4CCN(C(=O)C(O)CO)C[C@H]4F)c(C#N)c3)n2)cc1. The largest absolute Gasteiger partial charge is 0.486 e. The van der Waals surface area contributed by atoms with Gasteiger partial charge in [0, 0.05) is 55.6 Å². The third-order valence-corrected chi connectivity index (χ3v) is 7.75. The van der Waals surface area contributed by atoms with Gasteiger partial charge in [0.05, 0.1) is 18.7 Å². The fraction of sp³-hybridized carbons (Fsp3) is 0.433. The van der Waals surface area contributed by atoms with Crippen molar-refractivity contribution in [2.75, 3.05) is 56.6 Å². The van der Waals surface area contributed by atoms with Crippen molar-refractivity contribution in [1.82, 2.24) is 24.8 Å². The summed E-state index contributed by atoms with van der Waals surface area (Å²) in [4.78, 5) is 31.0. The molecule has 2 aliphatic heterocycles. The molecule has 2 fully saturated rings. The van der Waals surface area contributed by atoms with E-state index in [1.165, 1.54) is 6.33 Å². The molecular weight excluding hydrogens is 555 g/mol. The molecule has 3 N–H and O–H groups in total. The number of hydrogen-bond donors (Lipinski definition) is 3. The van der Waals surface area contributed by atoms with Gasteiger partial charge in [0.15, 0.2) is 18.1 Å². The smallest absolute Gasteiger partial charge is 0.253 e. The number of aliphatic hydroxyl groups excluding tert-OH is 2. The number of likely N-dealkylation sites (N-methyl/N-ethyl adjacent to an activating group) is 1. The van der Waals surface area contributed by atoms with Crippen LogP contribution >= 0.6 is 0 Å². The number of carbonyl (C=O) groups excluding carboxylic acids is 1. The Morgan fingerprint density at radius 1 is 1.19 bits per heavy atom. The van der Waals surface area contributed by atoms with Crippen LogP contribution in [0.25, 0.3) is 11.4 Å². The summed E-state index contributed by atoms with van der Waals surface area (Å²) < 4.78 is 20.7. The van der Waals surface area contributed by atoms with Gasteiger partial charge in [-0.25, -0.2) is 14.4 Å². The van der Waals surface area contributed by atoms with E-state index in [0.717, 1.165) is 35.9 Å². The van der Waals surface area contributed by atoms with E-state index in [2.05, 4.69) is 62.2 Å². The van der Waals surface area contributed by atoms with Crippen molar-refractivity contribution in [3.63, 3.8) is 0 Å². The molecular formula is C30H35FN8O4. The highest BCUT2D eigenvalue weighted by Crippen LogP contribution is 2.29. The first-order valence-electron chi connectivity index (χ1n) is 14.2. The topological polar surface area (TPSA) is 151 Å². The molecule has 12 nitrogen and oxygen atoms in total. The van der Waals surface area contributed by atoms with E-state index < -0.39 is 30.9 Å². The Morgan fingerprint density at radius 2 is 1.98 bits per heavy atom. The number of likely N-dealkylation sites (tertiary alicyclic amines) is 1. The Kier molecular flexibility index (Phi) is 9.30. The van der Waals surface area contributed by atoms with E-state index in [0.29, 0.717) is 23.4 Å². The summed E-state index contributed by atoms with van der Waals surface area (Å²) in [5.74, 6) is 0.170. The molecule has 3 heterocycles. The molecule has 2 saturated heterocycles. The van der Waals surface area contributed by atoms with Gasteiger partial charge in [-0.15, -0.1) is 0 Å². The van der Waals surface area contributed by atoms with Gasteiger partial charge < -0.3 is 35.0 Å². The van der Waals surface area contributed by atoms with Crippen LogP contribution in [0.3, 0.4) is 0 Å². The van der Waals surface area contributed by atoms with Gasteiger partial charge in [-0.3, -0.25) is 4.79 Å². The minimum Gasteiger partial charge on any atom is -0.486 e. The van der Waals surface area contributed by atoms with Crippen molar-refractivity contribution in [2.45, 2.75) is 37.8 Å². The summed E-state index contributed by atoms with van der Waals surface area (Å²) in [6.45, 7) is 4.38. The number of amides is 1. The van der Waals surface area contributed by atoms with Crippen LogP contribution in [-0.2, 0) is 4.79 Å². The van der Waals surface area contributed by atoms with Gasteiger partial charge >= 0.3 is 0 Å². The molecule has 2 aromatic carbocycles. The number of nitrogens with zero attached hydrogens (tertiary/aromatic N) is 7. The highest BCUT2D eigenvalue weighted by Gasteiger charge is 2.35. The minimum absolute atomic E-state index is 0.152. The van der Waals surface area contributed by atoms with Crippen molar-refractivity contribution in [3.8, 4) is 23.2 Å². The molecule has 226 valence electrons. The zero-order chi connectivity index (χ0) is 30.5. The van der Waals surface area contributed by atoms with Crippen molar-refractivity contribution >= 4 is 23.2 Å². The van der Waals surface area contributed by atoms with Gasteiger partial charge in [0.2, 0.25) is 5.95 Å². The van der Waals surface area contributed by atoms with E-state index in [1.807, 2.05) is 12.1 Å². The van der Waals surface area contributed by atoms with Gasteiger partial charge in [0.1, 0.15) is 24.3 Å². The molecule has 3 aromatic rings. The molecule has 0 saturated carbocycles. The highest BCUT2D eigenvalue weighted by atomic mass is 19.1. The molecule has 1 amide bonds. The lowest BCUT2D eigenvalue weighted by Crippen LogP contribution is -2.52. The maximum absolute atomic E-state index is 14.9. The number of aliphatic hydroxyl groups is 2. The third kappa shape index (κ3) is 6.99. The van der Waals surface area contributed by atoms with Crippen LogP contribution in [0, 0.1) is 11.3 Å². The van der Waals surface area contributed by atoms with E-state index in [4.69, 9.17) is 9.84 Å². The Morgan fingerprint density at radius 3 is 2.67 bits per heavy atom. The third-order valence-electron chi connectivity index (χ3n) is 7.75. The predicted molar refractivity (Wildman–Crippen MR) is 158 cm³/mol. The first kappa shape index (κ1) is 30.1. The van der Waals surface area contributed by atoms with Gasteiger partial charge in [-0.05, 0) is 56.4 Å². The summed E-state index contributed by atoms with van der Waals surface area (Å²) in [6.07, 6.45) is -2.45. The number of anilines is 3. The summed E-state index contributed by atoms with van der Waals surface area (Å²) in [5.41, 5.74) is 2.72. The average Bonchev–Trinajstić information content (AvgIpc) is 3.02.